The van der Waals surface area contributed by atoms with Crippen LogP contribution in [0.4, 0.5) is 5.82 Å². The second-order valence-corrected chi connectivity index (χ2v) is 7.79. The number of carbonyl (C=O) groups is 1. The summed E-state index contributed by atoms with van der Waals surface area (Å²) in [6.07, 6.45) is 1.45. The van der Waals surface area contributed by atoms with Gasteiger partial charge in [-0.2, -0.15) is 0 Å². The number of amides is 1. The summed E-state index contributed by atoms with van der Waals surface area (Å²) in [5.74, 6) is 1.11. The van der Waals surface area contributed by atoms with Crippen molar-refractivity contribution in [1.82, 2.24) is 24.8 Å². The number of fused-ring (bicyclic) bond motifs is 2. The lowest BCUT2D eigenvalue weighted by atomic mass is 10.1. The fraction of sp³-hybridized carbons (Fsp3) is 0.238. The summed E-state index contributed by atoms with van der Waals surface area (Å²) in [4.78, 5) is 29.3. The Morgan fingerprint density at radius 3 is 2.83 bits per heavy atom. The second-order valence-electron chi connectivity index (χ2n) is 7.36. The van der Waals surface area contributed by atoms with Gasteiger partial charge in [0.05, 0.1) is 18.6 Å². The molecule has 152 valence electrons. The van der Waals surface area contributed by atoms with Crippen molar-refractivity contribution in [2.45, 2.75) is 13.1 Å². The fourth-order valence-corrected chi connectivity index (χ4v) is 3.88. The molecule has 0 spiro atoms. The van der Waals surface area contributed by atoms with Gasteiger partial charge in [0.2, 0.25) is 11.8 Å². The van der Waals surface area contributed by atoms with Crippen molar-refractivity contribution in [1.29, 1.82) is 0 Å². The Hall–Kier alpha value is -3.23. The molecule has 1 amide bonds. The Morgan fingerprint density at radius 2 is 1.97 bits per heavy atom. The number of oxazole rings is 1. The average Bonchev–Trinajstić information content (AvgIpc) is 3.11. The topological polar surface area (TPSA) is 101 Å². The van der Waals surface area contributed by atoms with Crippen LogP contribution in [0.25, 0.3) is 22.0 Å². The first-order valence-corrected chi connectivity index (χ1v) is 9.97. The molecule has 9 heteroatoms. The number of benzene rings is 2. The van der Waals surface area contributed by atoms with Crippen molar-refractivity contribution in [3.8, 4) is 0 Å². The number of nitrogens with zero attached hydrogens (tertiary/aromatic N) is 5. The predicted octanol–water partition coefficient (Wildman–Crippen LogP) is 2.85. The van der Waals surface area contributed by atoms with Gasteiger partial charge in [-0.3, -0.25) is 9.69 Å². The van der Waals surface area contributed by atoms with Gasteiger partial charge in [-0.25, -0.2) is 15.0 Å². The molecular weight excluding hydrogens is 404 g/mol. The number of piperazine rings is 1. The van der Waals surface area contributed by atoms with Gasteiger partial charge in [0.25, 0.3) is 0 Å². The zero-order valence-corrected chi connectivity index (χ0v) is 16.8. The van der Waals surface area contributed by atoms with Crippen molar-refractivity contribution in [3.05, 3.63) is 59.2 Å². The average molecular weight is 423 g/mol. The number of halogens is 1. The van der Waals surface area contributed by atoms with Crippen molar-refractivity contribution < 1.29 is 9.21 Å². The van der Waals surface area contributed by atoms with Gasteiger partial charge in [-0.05, 0) is 35.9 Å². The highest BCUT2D eigenvalue weighted by atomic mass is 35.5. The molecule has 1 saturated heterocycles. The summed E-state index contributed by atoms with van der Waals surface area (Å²) < 4.78 is 5.78. The quantitative estimate of drug-likeness (QED) is 0.539. The number of anilines is 1. The largest absolute Gasteiger partial charge is 0.439 e. The minimum atomic E-state index is 0.0719. The Bertz CT molecular complexity index is 1260. The molecular formula is C21H19ClN6O2. The minimum Gasteiger partial charge on any atom is -0.439 e. The molecule has 0 saturated carbocycles. The number of aromatic nitrogens is 3. The van der Waals surface area contributed by atoms with Crippen LogP contribution < -0.4 is 5.73 Å². The monoisotopic (exact) mass is 422 g/mol. The first-order valence-electron chi connectivity index (χ1n) is 9.59. The highest BCUT2D eigenvalue weighted by Crippen LogP contribution is 2.22. The zero-order valence-electron chi connectivity index (χ0n) is 16.1. The van der Waals surface area contributed by atoms with Crippen LogP contribution in [0.15, 0.2) is 47.1 Å². The summed E-state index contributed by atoms with van der Waals surface area (Å²) in [7, 11) is 0. The van der Waals surface area contributed by atoms with Gasteiger partial charge in [0.1, 0.15) is 17.7 Å². The van der Waals surface area contributed by atoms with Crippen LogP contribution >= 0.6 is 11.6 Å². The number of hydrogen-bond donors (Lipinski definition) is 1. The Labute approximate surface area is 177 Å². The van der Waals surface area contributed by atoms with Gasteiger partial charge in [0.15, 0.2) is 5.58 Å². The van der Waals surface area contributed by atoms with Gasteiger partial charge in [0, 0.05) is 30.0 Å². The molecule has 8 nitrogen and oxygen atoms in total. The smallest absolute Gasteiger partial charge is 0.237 e. The van der Waals surface area contributed by atoms with Crippen molar-refractivity contribution in [3.63, 3.8) is 0 Å². The SMILES string of the molecule is Nc1ncnc2cc(CN3CCN(Cc4nc5cc(Cl)ccc5o4)CC3=O)ccc12. The van der Waals surface area contributed by atoms with Crippen LogP contribution in [0.5, 0.6) is 0 Å². The lowest BCUT2D eigenvalue weighted by Gasteiger charge is -2.33. The van der Waals surface area contributed by atoms with Gasteiger partial charge < -0.3 is 15.1 Å². The molecule has 0 radical (unpaired) electrons. The number of nitrogens with two attached hydrogens (primary N) is 1. The van der Waals surface area contributed by atoms with E-state index in [1.54, 1.807) is 18.2 Å². The van der Waals surface area contributed by atoms with E-state index in [9.17, 15) is 4.79 Å². The highest BCUT2D eigenvalue weighted by Gasteiger charge is 2.25. The summed E-state index contributed by atoms with van der Waals surface area (Å²) in [5.41, 5.74) is 9.09. The van der Waals surface area contributed by atoms with E-state index in [0.717, 1.165) is 28.5 Å². The molecule has 3 heterocycles. The third-order valence-electron chi connectivity index (χ3n) is 5.26. The zero-order chi connectivity index (χ0) is 20.7. The first-order chi connectivity index (χ1) is 14.5. The molecule has 2 aromatic heterocycles. The summed E-state index contributed by atoms with van der Waals surface area (Å²) in [5, 5.41) is 1.44. The van der Waals surface area contributed by atoms with E-state index >= 15 is 0 Å². The highest BCUT2D eigenvalue weighted by molar-refractivity contribution is 6.31. The van der Waals surface area contributed by atoms with Crippen molar-refractivity contribution in [2.75, 3.05) is 25.4 Å². The molecule has 0 atom stereocenters. The van der Waals surface area contributed by atoms with E-state index in [0.29, 0.717) is 48.5 Å². The molecule has 0 unspecified atom stereocenters. The maximum atomic E-state index is 12.7. The van der Waals surface area contributed by atoms with Crippen LogP contribution in [-0.2, 0) is 17.9 Å². The molecule has 2 aromatic carbocycles. The van der Waals surface area contributed by atoms with Crippen LogP contribution in [0, 0.1) is 0 Å². The van der Waals surface area contributed by atoms with E-state index in [4.69, 9.17) is 21.8 Å². The predicted molar refractivity (Wildman–Crippen MR) is 114 cm³/mol. The summed E-state index contributed by atoms with van der Waals surface area (Å²) >= 11 is 6.01. The summed E-state index contributed by atoms with van der Waals surface area (Å²) in [6.45, 7) is 2.72. The van der Waals surface area contributed by atoms with Crippen LogP contribution in [0.3, 0.4) is 0 Å². The molecule has 1 fully saturated rings. The third-order valence-corrected chi connectivity index (χ3v) is 5.49. The van der Waals surface area contributed by atoms with Gasteiger partial charge in [-0.1, -0.05) is 17.7 Å². The maximum absolute atomic E-state index is 12.7. The number of hydrogen-bond acceptors (Lipinski definition) is 7. The number of nitrogen functional groups attached to an aromatic ring is 1. The van der Waals surface area contributed by atoms with Crippen LogP contribution in [0.1, 0.15) is 11.5 Å². The third kappa shape index (κ3) is 3.67. The molecule has 5 rings (SSSR count). The molecule has 2 N–H and O–H groups in total. The lowest BCUT2D eigenvalue weighted by molar-refractivity contribution is -0.137. The van der Waals surface area contributed by atoms with E-state index in [-0.39, 0.29) is 5.91 Å². The van der Waals surface area contributed by atoms with Crippen LogP contribution in [-0.4, -0.2) is 50.3 Å². The standard InChI is InChI=1S/C21H19ClN6O2/c22-14-2-4-18-17(8-14)26-19(30-18)10-27-5-6-28(20(29)11-27)9-13-1-3-15-16(7-13)24-12-25-21(15)23/h1-4,7-8,12H,5-6,9-11H2,(H2,23,24,25). The second kappa shape index (κ2) is 7.55. The van der Waals surface area contributed by atoms with E-state index in [2.05, 4.69) is 15.0 Å². The Balaban J connectivity index is 1.24. The molecule has 1 aliphatic rings. The minimum absolute atomic E-state index is 0.0719. The maximum Gasteiger partial charge on any atom is 0.237 e. The molecule has 4 aromatic rings. The molecule has 30 heavy (non-hydrogen) atoms. The van der Waals surface area contributed by atoms with Crippen molar-refractivity contribution in [2.24, 2.45) is 0 Å². The fourth-order valence-electron chi connectivity index (χ4n) is 3.71. The van der Waals surface area contributed by atoms with Gasteiger partial charge >= 0.3 is 0 Å². The number of rotatable bonds is 4. The molecule has 0 aliphatic carbocycles. The first kappa shape index (κ1) is 18.8. The number of carbonyl (C=O) groups excluding carboxylic acids is 1. The van der Waals surface area contributed by atoms with E-state index in [1.807, 2.05) is 28.0 Å². The van der Waals surface area contributed by atoms with E-state index < -0.39 is 0 Å². The summed E-state index contributed by atoms with van der Waals surface area (Å²) in [6, 6.07) is 11.2. The molecule has 1 aliphatic heterocycles. The normalized spacial score (nSPS) is 15.4. The lowest BCUT2D eigenvalue weighted by Crippen LogP contribution is -2.49. The Kier molecular flexibility index (Phi) is 4.72. The van der Waals surface area contributed by atoms with Gasteiger partial charge in [-0.15, -0.1) is 0 Å². The van der Waals surface area contributed by atoms with E-state index in [1.165, 1.54) is 6.33 Å². The molecule has 0 bridgehead atoms. The Morgan fingerprint density at radius 1 is 1.07 bits per heavy atom. The van der Waals surface area contributed by atoms with Crippen LogP contribution in [0.2, 0.25) is 5.02 Å². The van der Waals surface area contributed by atoms with Crippen molar-refractivity contribution >= 4 is 45.3 Å².